The lowest BCUT2D eigenvalue weighted by Crippen LogP contribution is -2.36. The van der Waals surface area contributed by atoms with Gasteiger partial charge in [0.05, 0.1) is 10.6 Å². The molecule has 2 aromatic rings. The molecule has 0 spiro atoms. The quantitative estimate of drug-likeness (QED) is 0.813. The molecule has 9 heteroatoms. The molecule has 0 bridgehead atoms. The molecular formula is C17H22N2O4S3. The van der Waals surface area contributed by atoms with Gasteiger partial charge in [-0.25, -0.2) is 16.8 Å². The number of aryl methyl sites for hydroxylation is 2. The van der Waals surface area contributed by atoms with Gasteiger partial charge >= 0.3 is 0 Å². The zero-order chi connectivity index (χ0) is 18.9. The van der Waals surface area contributed by atoms with E-state index in [1.54, 1.807) is 31.2 Å². The fraction of sp³-hybridized carbons (Fsp3) is 0.412. The van der Waals surface area contributed by atoms with Crippen molar-refractivity contribution in [2.24, 2.45) is 0 Å². The van der Waals surface area contributed by atoms with Crippen LogP contribution in [0.2, 0.25) is 0 Å². The highest BCUT2D eigenvalue weighted by Gasteiger charge is 2.28. The van der Waals surface area contributed by atoms with Gasteiger partial charge in [0, 0.05) is 18.0 Å². The van der Waals surface area contributed by atoms with Crippen LogP contribution < -0.4 is 4.72 Å². The maximum absolute atomic E-state index is 12.9. The molecule has 1 aliphatic rings. The molecule has 1 saturated heterocycles. The molecule has 26 heavy (non-hydrogen) atoms. The van der Waals surface area contributed by atoms with Crippen LogP contribution in [-0.2, 0) is 20.0 Å². The molecule has 1 aromatic carbocycles. The molecule has 0 radical (unpaired) electrons. The Balaban J connectivity index is 1.93. The smallest absolute Gasteiger partial charge is 0.271 e. The normalized spacial score (nSPS) is 16.5. The molecule has 1 aromatic heterocycles. The number of piperidine rings is 1. The Labute approximate surface area is 159 Å². The van der Waals surface area contributed by atoms with E-state index >= 15 is 0 Å². The van der Waals surface area contributed by atoms with Gasteiger partial charge in [-0.2, -0.15) is 4.31 Å². The Morgan fingerprint density at radius 2 is 1.65 bits per heavy atom. The minimum atomic E-state index is -3.73. The number of benzene rings is 1. The number of rotatable bonds is 5. The molecular weight excluding hydrogens is 392 g/mol. The predicted molar refractivity (Wildman–Crippen MR) is 104 cm³/mol. The van der Waals surface area contributed by atoms with E-state index < -0.39 is 20.0 Å². The zero-order valence-corrected chi connectivity index (χ0v) is 17.2. The summed E-state index contributed by atoms with van der Waals surface area (Å²) in [6, 6.07) is 7.91. The van der Waals surface area contributed by atoms with Gasteiger partial charge in [-0.1, -0.05) is 12.5 Å². The van der Waals surface area contributed by atoms with Gasteiger partial charge in [0.2, 0.25) is 10.0 Å². The molecule has 0 amide bonds. The Morgan fingerprint density at radius 1 is 0.962 bits per heavy atom. The summed E-state index contributed by atoms with van der Waals surface area (Å²) in [6.07, 6.45) is 2.73. The summed E-state index contributed by atoms with van der Waals surface area (Å²) < 4.78 is 55.1. The summed E-state index contributed by atoms with van der Waals surface area (Å²) in [5, 5.41) is 0. The third kappa shape index (κ3) is 3.95. The van der Waals surface area contributed by atoms with E-state index in [2.05, 4.69) is 4.72 Å². The number of anilines is 1. The molecule has 142 valence electrons. The van der Waals surface area contributed by atoms with Gasteiger partial charge < -0.3 is 0 Å². The fourth-order valence-corrected chi connectivity index (χ4v) is 7.05. The lowest BCUT2D eigenvalue weighted by molar-refractivity contribution is 0.346. The van der Waals surface area contributed by atoms with Crippen molar-refractivity contribution in [2.45, 2.75) is 42.2 Å². The van der Waals surface area contributed by atoms with Crippen molar-refractivity contribution >= 4 is 37.1 Å². The first-order chi connectivity index (χ1) is 12.2. The fourth-order valence-electron chi connectivity index (χ4n) is 2.95. The molecule has 0 aliphatic carbocycles. The Bertz CT molecular complexity index is 1000. The topological polar surface area (TPSA) is 83.5 Å². The van der Waals surface area contributed by atoms with E-state index in [1.165, 1.54) is 21.7 Å². The largest absolute Gasteiger partial charge is 0.279 e. The van der Waals surface area contributed by atoms with Crippen LogP contribution in [0.5, 0.6) is 0 Å². The Hall–Kier alpha value is -1.42. The van der Waals surface area contributed by atoms with Crippen molar-refractivity contribution in [2.75, 3.05) is 17.8 Å². The third-order valence-electron chi connectivity index (χ3n) is 4.35. The first-order valence-corrected chi connectivity index (χ1v) is 12.1. The number of hydrogen-bond donors (Lipinski definition) is 1. The minimum absolute atomic E-state index is 0.155. The van der Waals surface area contributed by atoms with Crippen LogP contribution in [0.4, 0.5) is 5.69 Å². The lowest BCUT2D eigenvalue weighted by atomic mass is 10.2. The van der Waals surface area contributed by atoms with E-state index in [1.807, 2.05) is 6.92 Å². The summed E-state index contributed by atoms with van der Waals surface area (Å²) in [7, 11) is -7.36. The van der Waals surface area contributed by atoms with Crippen molar-refractivity contribution in [1.29, 1.82) is 0 Å². The van der Waals surface area contributed by atoms with E-state index in [-0.39, 0.29) is 14.8 Å². The first kappa shape index (κ1) is 19.3. The molecule has 0 atom stereocenters. The van der Waals surface area contributed by atoms with Gasteiger partial charge in [0.15, 0.2) is 0 Å². The van der Waals surface area contributed by atoms with Crippen LogP contribution in [0.3, 0.4) is 0 Å². The monoisotopic (exact) mass is 414 g/mol. The number of sulfonamides is 2. The summed E-state index contributed by atoms with van der Waals surface area (Å²) >= 11 is 1.17. The highest BCUT2D eigenvalue weighted by atomic mass is 32.2. The highest BCUT2D eigenvalue weighted by molar-refractivity contribution is 7.94. The molecule has 6 nitrogen and oxygen atoms in total. The van der Waals surface area contributed by atoms with Gasteiger partial charge in [0.25, 0.3) is 10.0 Å². The number of hydrogen-bond acceptors (Lipinski definition) is 5. The van der Waals surface area contributed by atoms with Crippen LogP contribution >= 0.6 is 11.3 Å². The number of thiophene rings is 1. The van der Waals surface area contributed by atoms with E-state index in [0.717, 1.165) is 24.1 Å². The van der Waals surface area contributed by atoms with E-state index in [4.69, 9.17) is 0 Å². The lowest BCUT2D eigenvalue weighted by Gasteiger charge is -2.26. The maximum atomic E-state index is 12.9. The molecule has 1 fully saturated rings. The van der Waals surface area contributed by atoms with Gasteiger partial charge in [0.1, 0.15) is 4.21 Å². The van der Waals surface area contributed by atoms with Gasteiger partial charge in [-0.15, -0.1) is 11.3 Å². The summed E-state index contributed by atoms with van der Waals surface area (Å²) in [5.41, 5.74) is 0.850. The van der Waals surface area contributed by atoms with Crippen LogP contribution in [-0.4, -0.2) is 34.2 Å². The standard InChI is InChI=1S/C17H22N2O4S3/c1-13-6-8-15(18-25(20,21)17-9-7-14(2)24-17)12-16(13)26(22,23)19-10-4-3-5-11-19/h6-9,12,18H,3-5,10-11H2,1-2H3. The van der Waals surface area contributed by atoms with Crippen LogP contribution in [0.1, 0.15) is 29.7 Å². The average molecular weight is 415 g/mol. The third-order valence-corrected chi connectivity index (χ3v) is 9.27. The van der Waals surface area contributed by atoms with Crippen LogP contribution in [0.15, 0.2) is 39.4 Å². The molecule has 0 saturated carbocycles. The van der Waals surface area contributed by atoms with Crippen molar-refractivity contribution in [3.8, 4) is 0 Å². The van der Waals surface area contributed by atoms with Crippen molar-refractivity contribution < 1.29 is 16.8 Å². The molecule has 2 heterocycles. The number of nitrogens with zero attached hydrogens (tertiary/aromatic N) is 1. The summed E-state index contributed by atoms with van der Waals surface area (Å²) in [4.78, 5) is 1.05. The maximum Gasteiger partial charge on any atom is 0.271 e. The Morgan fingerprint density at radius 3 is 2.27 bits per heavy atom. The summed E-state index contributed by atoms with van der Waals surface area (Å²) in [6.45, 7) is 4.56. The minimum Gasteiger partial charge on any atom is -0.279 e. The predicted octanol–water partition coefficient (Wildman–Crippen LogP) is 3.34. The SMILES string of the molecule is Cc1ccc(S(=O)(=O)Nc2ccc(C)c(S(=O)(=O)N3CCCCC3)c2)s1. The van der Waals surface area contributed by atoms with Crippen molar-refractivity contribution in [3.63, 3.8) is 0 Å². The van der Waals surface area contributed by atoms with Crippen molar-refractivity contribution in [1.82, 2.24) is 4.31 Å². The van der Waals surface area contributed by atoms with E-state index in [0.29, 0.717) is 18.7 Å². The van der Waals surface area contributed by atoms with Crippen LogP contribution in [0, 0.1) is 13.8 Å². The highest BCUT2D eigenvalue weighted by Crippen LogP contribution is 2.28. The average Bonchev–Trinajstić information content (AvgIpc) is 3.04. The second kappa shape index (κ2) is 7.30. The zero-order valence-electron chi connectivity index (χ0n) is 14.7. The van der Waals surface area contributed by atoms with Crippen molar-refractivity contribution in [3.05, 3.63) is 40.8 Å². The Kier molecular flexibility index (Phi) is 5.43. The number of nitrogens with one attached hydrogen (secondary N) is 1. The molecule has 0 unspecified atom stereocenters. The second-order valence-corrected chi connectivity index (χ2v) is 11.5. The molecule has 3 rings (SSSR count). The summed E-state index contributed by atoms with van der Waals surface area (Å²) in [5.74, 6) is 0. The molecule has 1 aliphatic heterocycles. The first-order valence-electron chi connectivity index (χ1n) is 8.40. The second-order valence-electron chi connectivity index (χ2n) is 6.42. The van der Waals surface area contributed by atoms with Crippen LogP contribution in [0.25, 0.3) is 0 Å². The van der Waals surface area contributed by atoms with E-state index in [9.17, 15) is 16.8 Å². The van der Waals surface area contributed by atoms with Gasteiger partial charge in [-0.05, 0) is 56.5 Å². The van der Waals surface area contributed by atoms with Gasteiger partial charge in [-0.3, -0.25) is 4.72 Å². The molecule has 1 N–H and O–H groups in total.